The van der Waals surface area contributed by atoms with E-state index in [-0.39, 0.29) is 0 Å². The maximum absolute atomic E-state index is 9.57. The van der Waals surface area contributed by atoms with Crippen LogP contribution in [0.15, 0.2) is 48.9 Å². The summed E-state index contributed by atoms with van der Waals surface area (Å²) in [5.74, 6) is 0.685. The quantitative estimate of drug-likeness (QED) is 0.660. The number of fused-ring (bicyclic) bond motifs is 1. The summed E-state index contributed by atoms with van der Waals surface area (Å²) in [7, 11) is 1.60. The van der Waals surface area contributed by atoms with Crippen LogP contribution in [0.3, 0.4) is 0 Å². The predicted molar refractivity (Wildman–Crippen MR) is 90.5 cm³/mol. The van der Waals surface area contributed by atoms with Gasteiger partial charge in [0.2, 0.25) is 0 Å². The molecule has 0 aliphatic rings. The molecule has 0 aliphatic carbocycles. The highest BCUT2D eigenvalue weighted by atomic mass is 79.9. The average molecular weight is 354 g/mol. The lowest BCUT2D eigenvalue weighted by Gasteiger charge is -2.04. The topological polar surface area (TPSA) is 50.8 Å². The lowest BCUT2D eigenvalue weighted by molar-refractivity contribution is 0.413. The molecule has 0 atom stereocenters. The zero-order valence-corrected chi connectivity index (χ0v) is 13.4. The van der Waals surface area contributed by atoms with Gasteiger partial charge in [-0.25, -0.2) is 0 Å². The predicted octanol–water partition coefficient (Wildman–Crippen LogP) is 4.27. The number of halogens is 1. The van der Waals surface area contributed by atoms with Crippen LogP contribution in [-0.2, 0) is 0 Å². The van der Waals surface area contributed by atoms with E-state index in [2.05, 4.69) is 27.2 Å². The summed E-state index contributed by atoms with van der Waals surface area (Å²) < 4.78 is 7.15. The van der Waals surface area contributed by atoms with Crippen molar-refractivity contribution in [1.82, 2.24) is 8.58 Å². The molecule has 1 aromatic carbocycles. The number of allylic oxidation sites excluding steroid dienone is 1. The molecule has 0 amide bonds. The van der Waals surface area contributed by atoms with Crippen LogP contribution in [0.5, 0.6) is 5.75 Å². The molecule has 4 nitrogen and oxygen atoms in total. The number of nitrogens with zero attached hydrogens (tertiary/aromatic N) is 3. The van der Waals surface area contributed by atoms with Crippen LogP contribution in [0, 0.1) is 11.3 Å². The molecule has 2 heterocycles. The Hall–Kier alpha value is -2.58. The van der Waals surface area contributed by atoms with Gasteiger partial charge in [-0.05, 0) is 18.2 Å². The zero-order chi connectivity index (χ0) is 15.5. The maximum Gasteiger partial charge on any atom is 0.129 e. The highest BCUT2D eigenvalue weighted by molar-refractivity contribution is 9.08. The Kier molecular flexibility index (Phi) is 3.94. The smallest absolute Gasteiger partial charge is 0.129 e. The standard InChI is InChI=1S/C17H12BrN3O/c1-22-17-6-7-20-10-13(17)8-12(9-19)15-11-21(18)16-5-3-2-4-14(15)16/h2-8,10-11H,1H3/b12-8+. The second kappa shape index (κ2) is 6.04. The third-order valence-electron chi connectivity index (χ3n) is 3.41. The van der Waals surface area contributed by atoms with Crippen molar-refractivity contribution in [2.45, 2.75) is 0 Å². The second-order valence-corrected chi connectivity index (χ2v) is 5.42. The van der Waals surface area contributed by atoms with Gasteiger partial charge in [-0.3, -0.25) is 8.58 Å². The number of benzene rings is 1. The molecule has 0 aliphatic heterocycles. The van der Waals surface area contributed by atoms with Gasteiger partial charge in [-0.1, -0.05) is 18.2 Å². The Morgan fingerprint density at radius 3 is 2.95 bits per heavy atom. The molecule has 0 spiro atoms. The summed E-state index contributed by atoms with van der Waals surface area (Å²) in [5.41, 5.74) is 3.20. The molecule has 0 saturated heterocycles. The first-order chi connectivity index (χ1) is 10.7. The van der Waals surface area contributed by atoms with Gasteiger partial charge >= 0.3 is 0 Å². The molecule has 0 radical (unpaired) electrons. The van der Waals surface area contributed by atoms with Crippen molar-refractivity contribution in [2.75, 3.05) is 7.11 Å². The number of ether oxygens (including phenoxy) is 1. The normalized spacial score (nSPS) is 11.4. The summed E-state index contributed by atoms with van der Waals surface area (Å²) in [6.45, 7) is 0. The SMILES string of the molecule is COc1ccncc1/C=C(\C#N)c1cn(Br)c2ccccc12. The molecule has 3 aromatic rings. The largest absolute Gasteiger partial charge is 0.496 e. The van der Waals surface area contributed by atoms with Crippen LogP contribution in [-0.4, -0.2) is 15.7 Å². The fraction of sp³-hybridized carbons (Fsp3) is 0.0588. The number of para-hydroxylation sites is 1. The van der Waals surface area contributed by atoms with Crippen LogP contribution in [0.1, 0.15) is 11.1 Å². The first-order valence-corrected chi connectivity index (χ1v) is 7.32. The highest BCUT2D eigenvalue weighted by Gasteiger charge is 2.12. The minimum Gasteiger partial charge on any atom is -0.496 e. The fourth-order valence-corrected chi connectivity index (χ4v) is 2.88. The molecule has 22 heavy (non-hydrogen) atoms. The Labute approximate surface area is 136 Å². The molecule has 0 bridgehead atoms. The molecule has 3 rings (SSSR count). The van der Waals surface area contributed by atoms with Crippen molar-refractivity contribution in [3.63, 3.8) is 0 Å². The fourth-order valence-electron chi connectivity index (χ4n) is 2.37. The molecule has 108 valence electrons. The van der Waals surface area contributed by atoms with Gasteiger partial charge in [0.15, 0.2) is 0 Å². The first-order valence-electron chi connectivity index (χ1n) is 6.61. The van der Waals surface area contributed by atoms with E-state index in [4.69, 9.17) is 4.74 Å². The van der Waals surface area contributed by atoms with Gasteiger partial charge in [0.25, 0.3) is 0 Å². The van der Waals surface area contributed by atoms with Crippen molar-refractivity contribution < 1.29 is 4.74 Å². The summed E-state index contributed by atoms with van der Waals surface area (Å²) in [6, 6.07) is 11.9. The van der Waals surface area contributed by atoms with Crippen LogP contribution in [0.4, 0.5) is 0 Å². The monoisotopic (exact) mass is 353 g/mol. The molecule has 5 heteroatoms. The number of aromatic nitrogens is 2. The van der Waals surface area contributed by atoms with Crippen molar-refractivity contribution >= 4 is 38.7 Å². The number of hydrogen-bond donors (Lipinski definition) is 0. The molecule has 0 N–H and O–H groups in total. The molecule has 2 aromatic heterocycles. The summed E-state index contributed by atoms with van der Waals surface area (Å²) in [4.78, 5) is 4.09. The van der Waals surface area contributed by atoms with Crippen molar-refractivity contribution in [3.05, 3.63) is 60.0 Å². The Morgan fingerprint density at radius 1 is 1.36 bits per heavy atom. The number of nitriles is 1. The minimum atomic E-state index is 0.556. The number of rotatable bonds is 3. The second-order valence-electron chi connectivity index (χ2n) is 4.66. The lowest BCUT2D eigenvalue weighted by atomic mass is 10.0. The van der Waals surface area contributed by atoms with Gasteiger partial charge in [-0.2, -0.15) is 5.26 Å². The van der Waals surface area contributed by atoms with E-state index in [0.717, 1.165) is 22.0 Å². The molecule has 0 unspecified atom stereocenters. The van der Waals surface area contributed by atoms with E-state index in [1.165, 1.54) is 0 Å². The minimum absolute atomic E-state index is 0.556. The van der Waals surface area contributed by atoms with Gasteiger partial charge in [0.1, 0.15) is 5.75 Å². The molecular weight excluding hydrogens is 342 g/mol. The highest BCUT2D eigenvalue weighted by Crippen LogP contribution is 2.30. The summed E-state index contributed by atoms with van der Waals surface area (Å²) in [5, 5.41) is 10.6. The Bertz CT molecular complexity index is 906. The van der Waals surface area contributed by atoms with Crippen LogP contribution in [0.2, 0.25) is 0 Å². The summed E-state index contributed by atoms with van der Waals surface area (Å²) in [6.07, 6.45) is 7.03. The third kappa shape index (κ3) is 2.49. The number of pyridine rings is 1. The summed E-state index contributed by atoms with van der Waals surface area (Å²) >= 11 is 3.47. The Balaban J connectivity index is 2.19. The zero-order valence-electron chi connectivity index (χ0n) is 11.8. The lowest BCUT2D eigenvalue weighted by Crippen LogP contribution is -1.88. The van der Waals surface area contributed by atoms with E-state index < -0.39 is 0 Å². The van der Waals surface area contributed by atoms with Crippen LogP contribution in [0.25, 0.3) is 22.6 Å². The van der Waals surface area contributed by atoms with Crippen LogP contribution < -0.4 is 4.74 Å². The third-order valence-corrected chi connectivity index (χ3v) is 3.99. The molecule has 0 fully saturated rings. The van der Waals surface area contributed by atoms with Crippen molar-refractivity contribution in [3.8, 4) is 11.8 Å². The Morgan fingerprint density at radius 2 is 2.18 bits per heavy atom. The van der Waals surface area contributed by atoms with Gasteiger partial charge < -0.3 is 4.74 Å². The van der Waals surface area contributed by atoms with Crippen LogP contribution >= 0.6 is 16.1 Å². The van der Waals surface area contributed by atoms with Crippen molar-refractivity contribution in [1.29, 1.82) is 5.26 Å². The van der Waals surface area contributed by atoms with E-state index in [9.17, 15) is 5.26 Å². The number of methoxy groups -OCH3 is 1. The van der Waals surface area contributed by atoms with Gasteiger partial charge in [0, 0.05) is 35.1 Å². The first kappa shape index (κ1) is 14.4. The average Bonchev–Trinajstić information content (AvgIpc) is 2.90. The van der Waals surface area contributed by atoms with Gasteiger partial charge in [-0.15, -0.1) is 0 Å². The molecule has 0 saturated carbocycles. The maximum atomic E-state index is 9.57. The van der Waals surface area contributed by atoms with Crippen molar-refractivity contribution in [2.24, 2.45) is 0 Å². The van der Waals surface area contributed by atoms with E-state index in [1.54, 1.807) is 31.6 Å². The van der Waals surface area contributed by atoms with Gasteiger partial charge in [0.05, 0.1) is 40.4 Å². The molecular formula is C17H12BrN3O. The van der Waals surface area contributed by atoms with E-state index in [0.29, 0.717) is 11.3 Å². The van der Waals surface area contributed by atoms with E-state index >= 15 is 0 Å². The number of hydrogen-bond acceptors (Lipinski definition) is 3. The van der Waals surface area contributed by atoms with E-state index in [1.807, 2.05) is 34.1 Å².